The summed E-state index contributed by atoms with van der Waals surface area (Å²) >= 11 is 0. The van der Waals surface area contributed by atoms with Crippen LogP contribution in [0.3, 0.4) is 0 Å². The van der Waals surface area contributed by atoms with Crippen LogP contribution in [0.2, 0.25) is 0 Å². The summed E-state index contributed by atoms with van der Waals surface area (Å²) in [7, 11) is 1.67. The molecule has 0 spiro atoms. The van der Waals surface area contributed by atoms with Crippen molar-refractivity contribution in [3.63, 3.8) is 0 Å². The van der Waals surface area contributed by atoms with Gasteiger partial charge < -0.3 is 19.7 Å². The first kappa shape index (κ1) is 26.4. The Morgan fingerprint density at radius 2 is 1.94 bits per heavy atom. The zero-order valence-electron chi connectivity index (χ0n) is 22.6. The Morgan fingerprint density at radius 3 is 2.59 bits per heavy atom. The van der Waals surface area contributed by atoms with Crippen molar-refractivity contribution in [1.82, 2.24) is 0 Å². The predicted molar refractivity (Wildman–Crippen MR) is 137 cm³/mol. The second-order valence-electron chi connectivity index (χ2n) is 13.0. The smallest absolute Gasteiger partial charge is 0.147 e. The quantitative estimate of drug-likeness (QED) is 0.295. The van der Waals surface area contributed by atoms with Gasteiger partial charge >= 0.3 is 0 Å². The van der Waals surface area contributed by atoms with E-state index in [1.807, 2.05) is 0 Å². The number of aliphatic hydroxyl groups is 2. The lowest BCUT2D eigenvalue weighted by molar-refractivity contribution is -0.128. The average Bonchev–Trinajstić information content (AvgIpc) is 3.17. The number of hydrogen-bond donors (Lipinski definition) is 2. The van der Waals surface area contributed by atoms with E-state index < -0.39 is 0 Å². The van der Waals surface area contributed by atoms with Crippen LogP contribution in [0.15, 0.2) is 23.8 Å². The molecular weight excluding hydrogens is 424 g/mol. The molecule has 4 heteroatoms. The number of methoxy groups -OCH3 is 1. The molecule has 0 aromatic rings. The number of ether oxygens (including phenoxy) is 2. The van der Waals surface area contributed by atoms with Crippen molar-refractivity contribution in [2.75, 3.05) is 20.5 Å². The largest absolute Gasteiger partial charge is 0.396 e. The number of fused-ring (bicyclic) bond motifs is 2. The monoisotopic (exact) mass is 474 g/mol. The molecule has 4 nitrogen and oxygen atoms in total. The van der Waals surface area contributed by atoms with E-state index in [-0.39, 0.29) is 29.6 Å². The van der Waals surface area contributed by atoms with Crippen molar-refractivity contribution < 1.29 is 19.7 Å². The van der Waals surface area contributed by atoms with E-state index in [9.17, 15) is 10.2 Å². The number of rotatable bonds is 10. The van der Waals surface area contributed by atoms with Gasteiger partial charge in [0, 0.05) is 25.6 Å². The molecule has 0 amide bonds. The summed E-state index contributed by atoms with van der Waals surface area (Å²) in [5.41, 5.74) is 1.91. The van der Waals surface area contributed by atoms with Gasteiger partial charge in [0.05, 0.1) is 11.7 Å². The van der Waals surface area contributed by atoms with Crippen LogP contribution >= 0.6 is 0 Å². The molecule has 0 radical (unpaired) electrons. The van der Waals surface area contributed by atoms with Crippen LogP contribution < -0.4 is 0 Å². The van der Waals surface area contributed by atoms with Crippen molar-refractivity contribution in [3.05, 3.63) is 23.8 Å². The molecule has 194 valence electrons. The van der Waals surface area contributed by atoms with Crippen molar-refractivity contribution >= 4 is 0 Å². The van der Waals surface area contributed by atoms with Gasteiger partial charge in [-0.1, -0.05) is 44.6 Å². The second kappa shape index (κ2) is 10.00. The fourth-order valence-corrected chi connectivity index (χ4v) is 8.28. The van der Waals surface area contributed by atoms with Gasteiger partial charge in [-0.2, -0.15) is 0 Å². The second-order valence-corrected chi connectivity index (χ2v) is 13.0. The van der Waals surface area contributed by atoms with Gasteiger partial charge in [0.2, 0.25) is 0 Å². The lowest BCUT2D eigenvalue weighted by atomic mass is 9.60. The number of allylic oxidation sites excluding steroid dienone is 2. The lowest BCUT2D eigenvalue weighted by Crippen LogP contribution is -2.36. The topological polar surface area (TPSA) is 58.9 Å². The molecule has 0 saturated heterocycles. The van der Waals surface area contributed by atoms with Gasteiger partial charge in [-0.3, -0.25) is 0 Å². The third kappa shape index (κ3) is 4.82. The van der Waals surface area contributed by atoms with Gasteiger partial charge in [-0.25, -0.2) is 0 Å². The normalized spacial score (nSPS) is 41.5. The molecular formula is C30H50O4. The molecule has 0 aliphatic heterocycles. The molecule has 0 aromatic carbocycles. The van der Waals surface area contributed by atoms with E-state index in [1.165, 1.54) is 38.5 Å². The molecule has 4 aliphatic carbocycles. The predicted octanol–water partition coefficient (Wildman–Crippen LogP) is 6.13. The average molecular weight is 475 g/mol. The minimum Gasteiger partial charge on any atom is -0.396 e. The first-order valence-electron chi connectivity index (χ1n) is 13.9. The molecule has 4 fully saturated rings. The molecule has 0 heterocycles. The highest BCUT2D eigenvalue weighted by Gasteiger charge is 2.63. The Kier molecular flexibility index (Phi) is 7.76. The van der Waals surface area contributed by atoms with Crippen molar-refractivity contribution in [2.45, 2.75) is 97.7 Å². The van der Waals surface area contributed by atoms with E-state index in [4.69, 9.17) is 9.47 Å². The highest BCUT2D eigenvalue weighted by molar-refractivity contribution is 5.24. The van der Waals surface area contributed by atoms with E-state index in [2.05, 4.69) is 52.8 Å². The van der Waals surface area contributed by atoms with Crippen LogP contribution in [0.5, 0.6) is 0 Å². The van der Waals surface area contributed by atoms with E-state index >= 15 is 0 Å². The van der Waals surface area contributed by atoms with Gasteiger partial charge in [0.25, 0.3) is 0 Å². The van der Waals surface area contributed by atoms with Gasteiger partial charge in [0.15, 0.2) is 0 Å². The van der Waals surface area contributed by atoms with Crippen molar-refractivity contribution in [1.29, 1.82) is 0 Å². The Labute approximate surface area is 208 Å². The molecule has 0 unspecified atom stereocenters. The van der Waals surface area contributed by atoms with Gasteiger partial charge in [0.1, 0.15) is 6.79 Å². The first-order valence-corrected chi connectivity index (χ1v) is 13.9. The third-order valence-electron chi connectivity index (χ3n) is 10.8. The summed E-state index contributed by atoms with van der Waals surface area (Å²) < 4.78 is 11.0. The number of aliphatic hydroxyl groups excluding tert-OH is 2. The van der Waals surface area contributed by atoms with E-state index in [0.717, 1.165) is 12.8 Å². The third-order valence-corrected chi connectivity index (χ3v) is 10.8. The summed E-state index contributed by atoms with van der Waals surface area (Å²) in [4.78, 5) is 0. The van der Waals surface area contributed by atoms with Gasteiger partial charge in [-0.05, 0) is 99.7 Å². The van der Waals surface area contributed by atoms with Crippen LogP contribution in [-0.4, -0.2) is 42.4 Å². The molecule has 4 saturated carbocycles. The zero-order valence-corrected chi connectivity index (χ0v) is 22.6. The summed E-state index contributed by atoms with van der Waals surface area (Å²) in [5.74, 6) is 3.07. The standard InChI is InChI=1S/C30H50O4/c1-20(9-10-21(2)28(3,4)34-19-33-6)26-11-12-27-22(8-7-13-29(26,27)5)14-24(18-31)30-16-23(30)15-25(32)17-30/h9-10,14,20-21,23-27,31-32H,7-8,11-13,15-19H2,1-6H3/b10-9+,22-14+/t20-,21+,23-,24+,25+,26-,27+,29-,30+/m1/s1. The first-order chi connectivity index (χ1) is 16.1. The lowest BCUT2D eigenvalue weighted by Gasteiger charge is -2.44. The Hall–Kier alpha value is -0.680. The Morgan fingerprint density at radius 1 is 1.18 bits per heavy atom. The maximum Gasteiger partial charge on any atom is 0.147 e. The highest BCUT2D eigenvalue weighted by Crippen LogP contribution is 2.68. The van der Waals surface area contributed by atoms with Crippen LogP contribution in [0.1, 0.15) is 86.0 Å². The van der Waals surface area contributed by atoms with Crippen LogP contribution in [0, 0.1) is 46.3 Å². The Balaban J connectivity index is 1.45. The highest BCUT2D eigenvalue weighted by atomic mass is 16.7. The minimum absolute atomic E-state index is 0.154. The fourth-order valence-electron chi connectivity index (χ4n) is 8.28. The zero-order chi connectivity index (χ0) is 24.7. The number of hydrogen-bond acceptors (Lipinski definition) is 4. The molecule has 2 N–H and O–H groups in total. The Bertz CT molecular complexity index is 772. The molecule has 4 rings (SSSR count). The van der Waals surface area contributed by atoms with Crippen molar-refractivity contribution in [2.24, 2.45) is 46.3 Å². The molecule has 4 aliphatic rings. The van der Waals surface area contributed by atoms with Crippen LogP contribution in [0.4, 0.5) is 0 Å². The summed E-state index contributed by atoms with van der Waals surface area (Å²) in [5, 5.41) is 20.5. The summed E-state index contributed by atoms with van der Waals surface area (Å²) in [6, 6.07) is 0. The minimum atomic E-state index is -0.248. The summed E-state index contributed by atoms with van der Waals surface area (Å²) in [6.45, 7) is 12.0. The summed E-state index contributed by atoms with van der Waals surface area (Å²) in [6.07, 6.45) is 16.5. The van der Waals surface area contributed by atoms with Gasteiger partial charge in [-0.15, -0.1) is 0 Å². The van der Waals surface area contributed by atoms with Crippen LogP contribution in [0.25, 0.3) is 0 Å². The van der Waals surface area contributed by atoms with E-state index in [0.29, 0.717) is 41.8 Å². The molecule has 0 bridgehead atoms. The van der Waals surface area contributed by atoms with E-state index in [1.54, 1.807) is 12.7 Å². The van der Waals surface area contributed by atoms with Crippen LogP contribution in [-0.2, 0) is 9.47 Å². The molecule has 9 atom stereocenters. The SMILES string of the molecule is COCOC(C)(C)[C@@H](C)/C=C/[C@@H](C)[C@H]1CC[C@H]2/C(=C/[C@@H](CO)[C@@]34C[C@@H](O)C[C@@H]3C4)CCC[C@]12C. The van der Waals surface area contributed by atoms with Crippen molar-refractivity contribution in [3.8, 4) is 0 Å². The maximum atomic E-state index is 10.3. The molecule has 34 heavy (non-hydrogen) atoms. The molecule has 0 aromatic heterocycles. The fraction of sp³-hybridized carbons (Fsp3) is 0.867. The maximum absolute atomic E-state index is 10.3.